The number of nitrogens with one attached hydrogen (secondary N) is 1. The van der Waals surface area contributed by atoms with Gasteiger partial charge < -0.3 is 14.8 Å². The molecular weight excluding hydrogens is 340 g/mol. The summed E-state index contributed by atoms with van der Waals surface area (Å²) < 4.78 is 11.2. The Kier molecular flexibility index (Phi) is 3.66. The highest BCUT2D eigenvalue weighted by Gasteiger charge is 2.13. The fourth-order valence-electron chi connectivity index (χ4n) is 2.05. The van der Waals surface area contributed by atoms with Crippen molar-refractivity contribution in [3.05, 3.63) is 56.5 Å². The lowest BCUT2D eigenvalue weighted by Crippen LogP contribution is -2.00. The first-order chi connectivity index (χ1) is 10.1. The largest absolute Gasteiger partial charge is 0.454 e. The van der Waals surface area contributed by atoms with E-state index >= 15 is 0 Å². The number of anilines is 1. The van der Waals surface area contributed by atoms with Gasteiger partial charge in [0.1, 0.15) is 0 Å². The van der Waals surface area contributed by atoms with Crippen LogP contribution < -0.4 is 14.8 Å². The van der Waals surface area contributed by atoms with Crippen molar-refractivity contribution in [1.82, 2.24) is 0 Å². The maximum atomic E-state index is 10.8. The van der Waals surface area contributed by atoms with Crippen LogP contribution in [0.3, 0.4) is 0 Å². The van der Waals surface area contributed by atoms with Crippen LogP contribution in [0.5, 0.6) is 11.5 Å². The molecule has 1 heterocycles. The van der Waals surface area contributed by atoms with Crippen molar-refractivity contribution in [1.29, 1.82) is 0 Å². The molecule has 0 atom stereocenters. The minimum Gasteiger partial charge on any atom is -0.454 e. The molecule has 0 saturated carbocycles. The Morgan fingerprint density at radius 3 is 2.81 bits per heavy atom. The zero-order valence-electron chi connectivity index (χ0n) is 10.8. The number of benzene rings is 2. The average molecular weight is 351 g/mol. The molecule has 1 aliphatic rings. The van der Waals surface area contributed by atoms with E-state index in [4.69, 9.17) is 9.47 Å². The molecule has 3 rings (SSSR count). The first kappa shape index (κ1) is 13.7. The van der Waals surface area contributed by atoms with Crippen LogP contribution in [0.1, 0.15) is 5.56 Å². The zero-order chi connectivity index (χ0) is 14.8. The lowest BCUT2D eigenvalue weighted by Gasteiger charge is -2.08. The number of hydrogen-bond donors (Lipinski definition) is 1. The van der Waals surface area contributed by atoms with Crippen molar-refractivity contribution in [2.24, 2.45) is 0 Å². The monoisotopic (exact) mass is 350 g/mol. The second kappa shape index (κ2) is 5.61. The van der Waals surface area contributed by atoms with Crippen molar-refractivity contribution < 1.29 is 14.4 Å². The van der Waals surface area contributed by atoms with Crippen LogP contribution in [0.4, 0.5) is 11.4 Å². The lowest BCUT2D eigenvalue weighted by atomic mass is 10.2. The van der Waals surface area contributed by atoms with Gasteiger partial charge in [0.15, 0.2) is 11.5 Å². The molecule has 0 aliphatic carbocycles. The summed E-state index contributed by atoms with van der Waals surface area (Å²) in [5.41, 5.74) is 1.74. The van der Waals surface area contributed by atoms with E-state index in [1.165, 1.54) is 6.07 Å². The second-order valence-corrected chi connectivity index (χ2v) is 5.41. The Morgan fingerprint density at radius 2 is 2.00 bits per heavy atom. The topological polar surface area (TPSA) is 73.6 Å². The lowest BCUT2D eigenvalue weighted by molar-refractivity contribution is -0.385. The van der Waals surface area contributed by atoms with Gasteiger partial charge in [-0.05, 0) is 23.8 Å². The van der Waals surface area contributed by atoms with Gasteiger partial charge in [-0.15, -0.1) is 0 Å². The van der Waals surface area contributed by atoms with E-state index in [2.05, 4.69) is 21.2 Å². The molecule has 0 amide bonds. The molecule has 0 unspecified atom stereocenters. The Bertz CT molecular complexity index is 705. The normalized spacial score (nSPS) is 12.2. The molecule has 0 spiro atoms. The fourth-order valence-corrected chi connectivity index (χ4v) is 2.58. The molecule has 0 saturated heterocycles. The summed E-state index contributed by atoms with van der Waals surface area (Å²) in [6, 6.07) is 10.4. The van der Waals surface area contributed by atoms with Gasteiger partial charge >= 0.3 is 0 Å². The summed E-state index contributed by atoms with van der Waals surface area (Å²) in [4.78, 5) is 10.4. The van der Waals surface area contributed by atoms with Gasteiger partial charge in [0.05, 0.1) is 4.92 Å². The molecule has 21 heavy (non-hydrogen) atoms. The molecule has 1 aliphatic heterocycles. The van der Waals surface area contributed by atoms with Gasteiger partial charge in [-0.3, -0.25) is 10.1 Å². The van der Waals surface area contributed by atoms with Gasteiger partial charge in [-0.1, -0.05) is 15.9 Å². The van der Waals surface area contributed by atoms with Gasteiger partial charge in [0.25, 0.3) is 5.69 Å². The van der Waals surface area contributed by atoms with Gasteiger partial charge in [-0.2, -0.15) is 0 Å². The Labute approximate surface area is 129 Å². The van der Waals surface area contributed by atoms with Crippen molar-refractivity contribution in [2.45, 2.75) is 6.54 Å². The predicted molar refractivity (Wildman–Crippen MR) is 80.7 cm³/mol. The van der Waals surface area contributed by atoms with Crippen LogP contribution in [0, 0.1) is 10.1 Å². The van der Waals surface area contributed by atoms with Gasteiger partial charge in [0.2, 0.25) is 6.79 Å². The van der Waals surface area contributed by atoms with Crippen LogP contribution in [0.15, 0.2) is 40.9 Å². The number of halogens is 1. The van der Waals surface area contributed by atoms with Crippen LogP contribution in [-0.4, -0.2) is 11.7 Å². The Morgan fingerprint density at radius 1 is 1.19 bits per heavy atom. The van der Waals surface area contributed by atoms with Crippen molar-refractivity contribution in [3.63, 3.8) is 0 Å². The van der Waals surface area contributed by atoms with E-state index in [0.29, 0.717) is 16.8 Å². The number of nitro benzene ring substituents is 1. The molecule has 2 aromatic carbocycles. The van der Waals surface area contributed by atoms with Crippen LogP contribution >= 0.6 is 15.9 Å². The number of fused-ring (bicyclic) bond motifs is 1. The summed E-state index contributed by atoms with van der Waals surface area (Å²) >= 11 is 3.28. The Hall–Kier alpha value is -2.28. The van der Waals surface area contributed by atoms with Crippen LogP contribution in [0.25, 0.3) is 0 Å². The Balaban J connectivity index is 1.74. The maximum absolute atomic E-state index is 10.8. The summed E-state index contributed by atoms with van der Waals surface area (Å²) in [6.07, 6.45) is 0. The number of nitro groups is 1. The van der Waals surface area contributed by atoms with Crippen LogP contribution in [0.2, 0.25) is 0 Å². The van der Waals surface area contributed by atoms with E-state index in [-0.39, 0.29) is 12.5 Å². The zero-order valence-corrected chi connectivity index (χ0v) is 12.4. The third-order valence-corrected chi connectivity index (χ3v) is 3.48. The smallest absolute Gasteiger partial charge is 0.270 e. The fraction of sp³-hybridized carbons (Fsp3) is 0.143. The molecule has 2 aromatic rings. The molecule has 0 radical (unpaired) electrons. The quantitative estimate of drug-likeness (QED) is 0.672. The number of hydrogen-bond acceptors (Lipinski definition) is 5. The van der Waals surface area contributed by atoms with E-state index < -0.39 is 4.92 Å². The molecular formula is C14H11BrN2O4. The summed E-state index contributed by atoms with van der Waals surface area (Å²) in [7, 11) is 0. The van der Waals surface area contributed by atoms with Gasteiger partial charge in [0, 0.05) is 34.9 Å². The number of non-ortho nitro benzene ring substituents is 1. The van der Waals surface area contributed by atoms with E-state index in [0.717, 1.165) is 17.0 Å². The SMILES string of the molecule is O=[N+]([O-])c1cc(Br)cc(CNc2ccc3c(c2)OCO3)c1. The highest BCUT2D eigenvalue weighted by molar-refractivity contribution is 9.10. The molecule has 7 heteroatoms. The minimum atomic E-state index is -0.408. The van der Waals surface area contributed by atoms with E-state index in [9.17, 15) is 10.1 Å². The molecule has 6 nitrogen and oxygen atoms in total. The third kappa shape index (κ3) is 3.08. The minimum absolute atomic E-state index is 0.0619. The number of rotatable bonds is 4. The number of nitrogens with zero attached hydrogens (tertiary/aromatic N) is 1. The van der Waals surface area contributed by atoms with Crippen molar-refractivity contribution >= 4 is 27.3 Å². The summed E-state index contributed by atoms with van der Waals surface area (Å²) in [5, 5.41) is 14.0. The second-order valence-electron chi connectivity index (χ2n) is 4.50. The molecule has 0 fully saturated rings. The number of ether oxygens (including phenoxy) is 2. The molecule has 0 aromatic heterocycles. The first-order valence-electron chi connectivity index (χ1n) is 6.19. The highest BCUT2D eigenvalue weighted by Crippen LogP contribution is 2.34. The van der Waals surface area contributed by atoms with E-state index in [1.54, 1.807) is 6.07 Å². The average Bonchev–Trinajstić information content (AvgIpc) is 2.92. The first-order valence-corrected chi connectivity index (χ1v) is 6.98. The highest BCUT2D eigenvalue weighted by atomic mass is 79.9. The predicted octanol–water partition coefficient (Wildman–Crippen LogP) is 3.70. The molecule has 108 valence electrons. The van der Waals surface area contributed by atoms with Crippen molar-refractivity contribution in [2.75, 3.05) is 12.1 Å². The van der Waals surface area contributed by atoms with E-state index in [1.807, 2.05) is 24.3 Å². The van der Waals surface area contributed by atoms with Gasteiger partial charge in [-0.25, -0.2) is 0 Å². The summed E-state index contributed by atoms with van der Waals surface area (Å²) in [6.45, 7) is 0.705. The summed E-state index contributed by atoms with van der Waals surface area (Å²) in [5.74, 6) is 1.42. The third-order valence-electron chi connectivity index (χ3n) is 3.02. The molecule has 1 N–H and O–H groups in total. The maximum Gasteiger partial charge on any atom is 0.270 e. The van der Waals surface area contributed by atoms with Crippen LogP contribution in [-0.2, 0) is 6.54 Å². The molecule has 0 bridgehead atoms. The standard InChI is InChI=1S/C14H11BrN2O4/c15-10-3-9(4-12(5-10)17(18)19)7-16-11-1-2-13-14(6-11)21-8-20-13/h1-6,16H,7-8H2. The van der Waals surface area contributed by atoms with Crippen molar-refractivity contribution in [3.8, 4) is 11.5 Å².